The fourth-order valence-electron chi connectivity index (χ4n) is 5.37. The molecule has 3 unspecified atom stereocenters. The van der Waals surface area contributed by atoms with Crippen molar-refractivity contribution in [3.8, 4) is 0 Å². The van der Waals surface area contributed by atoms with Crippen LogP contribution in [0.4, 0.5) is 4.39 Å². The lowest BCUT2D eigenvalue weighted by Crippen LogP contribution is -2.49. The van der Waals surface area contributed by atoms with E-state index in [1.807, 2.05) is 41.5 Å². The molecular weight excluding hydrogens is 401 g/mol. The van der Waals surface area contributed by atoms with Crippen molar-refractivity contribution in [2.24, 2.45) is 39.7 Å². The molecule has 1 fully saturated rings. The van der Waals surface area contributed by atoms with Crippen molar-refractivity contribution in [1.82, 2.24) is 0 Å². The molecule has 0 radical (unpaired) electrons. The van der Waals surface area contributed by atoms with Crippen LogP contribution in [0.2, 0.25) is 0 Å². The highest BCUT2D eigenvalue weighted by atomic mass is 19.1. The summed E-state index contributed by atoms with van der Waals surface area (Å²) in [5.74, 6) is -1.75. The summed E-state index contributed by atoms with van der Waals surface area (Å²) < 4.78 is 18.6. The fraction of sp³-hybridized carbons (Fsp3) is 0.917. The molecule has 7 heteroatoms. The maximum atomic E-state index is 12.9. The van der Waals surface area contributed by atoms with Gasteiger partial charge in [0, 0.05) is 11.3 Å². The van der Waals surface area contributed by atoms with Gasteiger partial charge < -0.3 is 19.8 Å². The van der Waals surface area contributed by atoms with Gasteiger partial charge in [0.2, 0.25) is 0 Å². The van der Waals surface area contributed by atoms with Crippen LogP contribution in [0.3, 0.4) is 0 Å². The number of cyclic esters (lactones) is 1. The summed E-state index contributed by atoms with van der Waals surface area (Å²) >= 11 is 0. The molecule has 1 aliphatic rings. The van der Waals surface area contributed by atoms with Crippen molar-refractivity contribution in [3.63, 3.8) is 0 Å². The highest BCUT2D eigenvalue weighted by Gasteiger charge is 2.45. The first-order valence-electron chi connectivity index (χ1n) is 11.5. The van der Waals surface area contributed by atoms with E-state index in [1.54, 1.807) is 6.92 Å². The second-order valence-corrected chi connectivity index (χ2v) is 10.9. The lowest BCUT2D eigenvalue weighted by Gasteiger charge is -2.42. The van der Waals surface area contributed by atoms with Crippen molar-refractivity contribution in [3.05, 3.63) is 0 Å². The molecule has 0 spiro atoms. The van der Waals surface area contributed by atoms with E-state index < -0.39 is 48.4 Å². The highest BCUT2D eigenvalue weighted by Crippen LogP contribution is 2.40. The molecule has 1 heterocycles. The number of hydrogen-bond donors (Lipinski definition) is 2. The fourth-order valence-corrected chi connectivity index (χ4v) is 5.37. The van der Waals surface area contributed by atoms with Crippen LogP contribution in [0.25, 0.3) is 0 Å². The van der Waals surface area contributed by atoms with Gasteiger partial charge in [-0.1, -0.05) is 60.5 Å². The summed E-state index contributed by atoms with van der Waals surface area (Å²) in [6.45, 7) is 16.3. The minimum absolute atomic E-state index is 0.0747. The Kier molecular flexibility index (Phi) is 9.95. The van der Waals surface area contributed by atoms with Crippen molar-refractivity contribution in [2.75, 3.05) is 6.86 Å². The quantitative estimate of drug-likeness (QED) is 0.485. The zero-order valence-electron chi connectivity index (χ0n) is 20.8. The summed E-state index contributed by atoms with van der Waals surface area (Å²) in [4.78, 5) is 17.6. The van der Waals surface area contributed by atoms with E-state index in [0.717, 1.165) is 0 Å². The third kappa shape index (κ3) is 6.88. The lowest BCUT2D eigenvalue weighted by molar-refractivity contribution is -0.171. The number of alkyl halides is 1. The topological polar surface area (TPSA) is 88.4 Å². The van der Waals surface area contributed by atoms with Gasteiger partial charge in [-0.2, -0.15) is 0 Å². The molecule has 7 atom stereocenters. The number of ether oxygens (including phenoxy) is 1. The first kappa shape index (κ1) is 27.8. The highest BCUT2D eigenvalue weighted by molar-refractivity contribution is 5.88. The number of aliphatic hydroxyl groups excluding tert-OH is 2. The number of rotatable bonds is 3. The number of aliphatic hydroxyl groups is 2. The van der Waals surface area contributed by atoms with Gasteiger partial charge in [-0.3, -0.25) is 4.79 Å². The van der Waals surface area contributed by atoms with Crippen LogP contribution in [0.5, 0.6) is 0 Å². The monoisotopic (exact) mass is 445 g/mol. The normalized spacial score (nSPS) is 38.9. The van der Waals surface area contributed by atoms with Crippen LogP contribution in [-0.2, 0) is 14.4 Å². The Balaban J connectivity index is 3.48. The van der Waals surface area contributed by atoms with E-state index in [-0.39, 0.29) is 17.3 Å². The summed E-state index contributed by atoms with van der Waals surface area (Å²) in [7, 11) is 0. The van der Waals surface area contributed by atoms with Gasteiger partial charge in [0.15, 0.2) is 0 Å². The van der Waals surface area contributed by atoms with Crippen molar-refractivity contribution >= 4 is 11.7 Å². The smallest absolute Gasteiger partial charge is 0.311 e. The zero-order valence-corrected chi connectivity index (χ0v) is 20.8. The van der Waals surface area contributed by atoms with Crippen LogP contribution in [-0.4, -0.2) is 47.1 Å². The van der Waals surface area contributed by atoms with E-state index in [0.29, 0.717) is 25.0 Å². The minimum Gasteiger partial charge on any atom is -0.461 e. The number of nitrogens with zero attached hydrogens (tertiary/aromatic N) is 1. The molecule has 0 aromatic carbocycles. The standard InChI is InChI=1S/C24H44FNO5/c1-10-18-24(8,9)21(28)16(4)19(26-30-13-25)14(2)11-23(6,7)12-15(3)20(27)17(5)22(29)31-18/h14-18,20-21,27-28H,10-13H2,1-9H3/b26-19+/t14-,15-,16?,17?,18-,20+,21?/m1/s1. The molecule has 0 amide bonds. The molecule has 0 aromatic rings. The Hall–Kier alpha value is -1.21. The van der Waals surface area contributed by atoms with Crippen LogP contribution < -0.4 is 0 Å². The van der Waals surface area contributed by atoms with Crippen LogP contribution in [0.1, 0.15) is 81.6 Å². The van der Waals surface area contributed by atoms with Crippen molar-refractivity contribution in [2.45, 2.75) is 99.9 Å². The number of carbonyl (C=O) groups is 1. The number of halogens is 1. The van der Waals surface area contributed by atoms with Gasteiger partial charge in [0.1, 0.15) is 6.10 Å². The van der Waals surface area contributed by atoms with Gasteiger partial charge in [-0.05, 0) is 43.4 Å². The molecular formula is C24H44FNO5. The van der Waals surface area contributed by atoms with E-state index in [4.69, 9.17) is 9.57 Å². The number of hydrogen-bond acceptors (Lipinski definition) is 6. The van der Waals surface area contributed by atoms with E-state index in [9.17, 15) is 19.4 Å². The Morgan fingerprint density at radius 2 is 1.68 bits per heavy atom. The molecule has 0 saturated carbocycles. The molecule has 182 valence electrons. The number of carbonyl (C=O) groups excluding carboxylic acids is 1. The second kappa shape index (κ2) is 11.1. The second-order valence-electron chi connectivity index (χ2n) is 10.9. The Morgan fingerprint density at radius 3 is 2.19 bits per heavy atom. The Bertz CT molecular complexity index is 621. The molecule has 0 aromatic heterocycles. The lowest BCUT2D eigenvalue weighted by atomic mass is 9.69. The van der Waals surface area contributed by atoms with Gasteiger partial charge >= 0.3 is 5.97 Å². The van der Waals surface area contributed by atoms with Crippen LogP contribution in [0, 0.1) is 34.5 Å². The summed E-state index contributed by atoms with van der Waals surface area (Å²) in [6.07, 6.45) is -0.381. The first-order chi connectivity index (χ1) is 14.2. The maximum absolute atomic E-state index is 12.9. The molecule has 1 saturated heterocycles. The molecule has 2 N–H and O–H groups in total. The summed E-state index contributed by atoms with van der Waals surface area (Å²) in [5.41, 5.74) is -0.391. The van der Waals surface area contributed by atoms with Gasteiger partial charge in [-0.15, -0.1) is 0 Å². The first-order valence-corrected chi connectivity index (χ1v) is 11.5. The molecule has 1 aliphatic heterocycles. The molecule has 0 bridgehead atoms. The largest absolute Gasteiger partial charge is 0.461 e. The number of oxime groups is 1. The Morgan fingerprint density at radius 1 is 1.10 bits per heavy atom. The number of esters is 1. The third-order valence-electron chi connectivity index (χ3n) is 7.09. The van der Waals surface area contributed by atoms with E-state index in [1.165, 1.54) is 0 Å². The molecule has 31 heavy (non-hydrogen) atoms. The third-order valence-corrected chi connectivity index (χ3v) is 7.09. The summed E-state index contributed by atoms with van der Waals surface area (Å²) in [5, 5.41) is 26.2. The summed E-state index contributed by atoms with van der Waals surface area (Å²) in [6, 6.07) is 0. The average Bonchev–Trinajstić information content (AvgIpc) is 2.68. The van der Waals surface area contributed by atoms with Crippen LogP contribution in [0.15, 0.2) is 5.16 Å². The average molecular weight is 446 g/mol. The van der Waals surface area contributed by atoms with Gasteiger partial charge in [0.25, 0.3) is 6.86 Å². The van der Waals surface area contributed by atoms with Crippen molar-refractivity contribution in [1.29, 1.82) is 0 Å². The molecule has 1 rings (SSSR count). The van der Waals surface area contributed by atoms with E-state index in [2.05, 4.69) is 19.0 Å². The minimum atomic E-state index is -1.04. The predicted molar refractivity (Wildman–Crippen MR) is 120 cm³/mol. The van der Waals surface area contributed by atoms with Gasteiger partial charge in [-0.25, -0.2) is 4.39 Å². The van der Waals surface area contributed by atoms with Crippen molar-refractivity contribution < 1.29 is 29.0 Å². The maximum Gasteiger partial charge on any atom is 0.311 e. The molecule has 6 nitrogen and oxygen atoms in total. The zero-order chi connectivity index (χ0) is 24.1. The van der Waals surface area contributed by atoms with Gasteiger partial charge in [0.05, 0.1) is 23.8 Å². The Labute approximate surface area is 187 Å². The SMILES string of the molecule is CC[C@H]1OC(=O)C(C)[C@@H](O)[C@H](C)CC(C)(C)C[C@@H](C)/C(=N\OCF)C(C)C(O)C1(C)C. The predicted octanol–water partition coefficient (Wildman–Crippen LogP) is 4.72. The van der Waals surface area contributed by atoms with E-state index >= 15 is 0 Å². The van der Waals surface area contributed by atoms with Crippen LogP contribution >= 0.6 is 0 Å². The molecule has 0 aliphatic carbocycles.